The maximum Gasteiger partial charge on any atom is 0.405 e. The Kier molecular flexibility index (Phi) is 3.49. The largest absolute Gasteiger partial charge is 0.405 e. The van der Waals surface area contributed by atoms with Crippen molar-refractivity contribution in [3.8, 4) is 0 Å². The van der Waals surface area contributed by atoms with Crippen molar-refractivity contribution in [3.63, 3.8) is 0 Å². The third kappa shape index (κ3) is 2.62. The van der Waals surface area contributed by atoms with E-state index in [1.165, 1.54) is 5.56 Å². The van der Waals surface area contributed by atoms with Crippen LogP contribution in [-0.2, 0) is 10.2 Å². The van der Waals surface area contributed by atoms with Gasteiger partial charge in [-0.3, -0.25) is 4.79 Å². The summed E-state index contributed by atoms with van der Waals surface area (Å²) in [5, 5.41) is 2.18. The van der Waals surface area contributed by atoms with Gasteiger partial charge in [-0.15, -0.1) is 0 Å². The standard InChI is InChI=1S/C19H22F3NO/c20-19(21,22)12-23-16(24)18-9-13-6-14(10-18)8-17(7-13,11-18)15-4-2-1-3-5-15/h1-5,13-14H,6-12H2,(H,23,24)/t13-,14-,17?,18?/m0/s1. The summed E-state index contributed by atoms with van der Waals surface area (Å²) in [4.78, 5) is 12.7. The molecule has 0 aromatic heterocycles. The van der Waals surface area contributed by atoms with Gasteiger partial charge in [-0.2, -0.15) is 13.2 Å². The highest BCUT2D eigenvalue weighted by Crippen LogP contribution is 2.65. The van der Waals surface area contributed by atoms with Crippen LogP contribution in [0.25, 0.3) is 0 Å². The molecule has 1 amide bonds. The van der Waals surface area contributed by atoms with E-state index in [9.17, 15) is 18.0 Å². The van der Waals surface area contributed by atoms with E-state index in [1.807, 2.05) is 18.2 Å². The van der Waals surface area contributed by atoms with Crippen LogP contribution in [0.1, 0.15) is 44.1 Å². The lowest BCUT2D eigenvalue weighted by Gasteiger charge is -2.61. The molecule has 130 valence electrons. The zero-order chi connectivity index (χ0) is 17.0. The van der Waals surface area contributed by atoms with Gasteiger partial charge >= 0.3 is 6.18 Å². The minimum absolute atomic E-state index is 0.0269. The van der Waals surface area contributed by atoms with Crippen LogP contribution in [0.3, 0.4) is 0 Å². The highest BCUT2D eigenvalue weighted by molar-refractivity contribution is 5.83. The lowest BCUT2D eigenvalue weighted by atomic mass is 9.42. The average Bonchev–Trinajstić information content (AvgIpc) is 2.51. The molecule has 2 nitrogen and oxygen atoms in total. The highest BCUT2D eigenvalue weighted by atomic mass is 19.4. The Morgan fingerprint density at radius 1 is 1.08 bits per heavy atom. The summed E-state index contributed by atoms with van der Waals surface area (Å²) >= 11 is 0. The predicted octanol–water partition coefficient (Wildman–Crippen LogP) is 4.20. The second-order valence-corrected chi connectivity index (χ2v) is 8.19. The first-order valence-electron chi connectivity index (χ1n) is 8.71. The molecule has 1 N–H and O–H groups in total. The molecule has 2 atom stereocenters. The summed E-state index contributed by atoms with van der Waals surface area (Å²) in [6.07, 6.45) is 1.12. The van der Waals surface area contributed by atoms with Gasteiger partial charge < -0.3 is 5.32 Å². The van der Waals surface area contributed by atoms with Crippen LogP contribution in [0.2, 0.25) is 0 Å². The van der Waals surface area contributed by atoms with Crippen LogP contribution in [0.15, 0.2) is 30.3 Å². The van der Waals surface area contributed by atoms with Crippen LogP contribution < -0.4 is 5.32 Å². The quantitative estimate of drug-likeness (QED) is 0.880. The van der Waals surface area contributed by atoms with Crippen molar-refractivity contribution in [1.82, 2.24) is 5.32 Å². The molecule has 0 unspecified atom stereocenters. The Bertz CT molecular complexity index is 626. The van der Waals surface area contributed by atoms with E-state index in [2.05, 4.69) is 17.4 Å². The number of alkyl halides is 3. The molecule has 4 fully saturated rings. The monoisotopic (exact) mass is 337 g/mol. The van der Waals surface area contributed by atoms with Crippen molar-refractivity contribution in [2.75, 3.05) is 6.54 Å². The van der Waals surface area contributed by atoms with Gasteiger partial charge in [-0.25, -0.2) is 0 Å². The number of carbonyl (C=O) groups excluding carboxylic acids is 1. The molecule has 4 saturated carbocycles. The Hall–Kier alpha value is -1.52. The van der Waals surface area contributed by atoms with Gasteiger partial charge in [0.15, 0.2) is 0 Å². The van der Waals surface area contributed by atoms with E-state index in [1.54, 1.807) is 0 Å². The molecule has 4 aliphatic carbocycles. The number of rotatable bonds is 3. The van der Waals surface area contributed by atoms with Gasteiger partial charge in [-0.05, 0) is 61.3 Å². The third-order valence-electron chi connectivity index (χ3n) is 6.38. The maximum atomic E-state index is 12.7. The highest BCUT2D eigenvalue weighted by Gasteiger charge is 2.61. The molecule has 0 saturated heterocycles. The zero-order valence-electron chi connectivity index (χ0n) is 13.5. The van der Waals surface area contributed by atoms with E-state index in [0.29, 0.717) is 18.3 Å². The van der Waals surface area contributed by atoms with Crippen molar-refractivity contribution in [2.24, 2.45) is 17.3 Å². The summed E-state index contributed by atoms with van der Waals surface area (Å²) in [7, 11) is 0. The molecule has 4 bridgehead atoms. The number of benzene rings is 1. The maximum absolute atomic E-state index is 12.7. The minimum atomic E-state index is -4.35. The topological polar surface area (TPSA) is 29.1 Å². The lowest BCUT2D eigenvalue weighted by Crippen LogP contribution is -2.59. The van der Waals surface area contributed by atoms with Gasteiger partial charge in [0.2, 0.25) is 5.91 Å². The summed E-state index contributed by atoms with van der Waals surface area (Å²) in [6, 6.07) is 10.3. The first-order chi connectivity index (χ1) is 11.3. The zero-order valence-corrected chi connectivity index (χ0v) is 13.5. The normalized spacial score (nSPS) is 37.5. The average molecular weight is 337 g/mol. The summed E-state index contributed by atoms with van der Waals surface area (Å²) in [5.41, 5.74) is 0.624. The number of amides is 1. The van der Waals surface area contributed by atoms with Crippen molar-refractivity contribution in [3.05, 3.63) is 35.9 Å². The molecule has 24 heavy (non-hydrogen) atoms. The van der Waals surface area contributed by atoms with Crippen molar-refractivity contribution in [1.29, 1.82) is 0 Å². The molecule has 0 heterocycles. The second-order valence-electron chi connectivity index (χ2n) is 8.19. The van der Waals surface area contributed by atoms with Gasteiger partial charge in [0.1, 0.15) is 6.54 Å². The first-order valence-corrected chi connectivity index (χ1v) is 8.71. The Labute approximate surface area is 139 Å². The molecule has 4 aliphatic rings. The van der Waals surface area contributed by atoms with Gasteiger partial charge in [0, 0.05) is 0 Å². The SMILES string of the molecule is O=C(NCC(F)(F)F)C12C[C@H]3C[C@H](C1)CC(c1ccccc1)(C3)C2. The van der Waals surface area contributed by atoms with Crippen LogP contribution in [0, 0.1) is 17.3 Å². The number of halogens is 3. The molecule has 1 aromatic rings. The van der Waals surface area contributed by atoms with Crippen molar-refractivity contribution in [2.45, 2.75) is 50.1 Å². The Morgan fingerprint density at radius 2 is 1.71 bits per heavy atom. The molecule has 0 aliphatic heterocycles. The van der Waals surface area contributed by atoms with E-state index < -0.39 is 18.1 Å². The number of carbonyl (C=O) groups is 1. The molecule has 1 aromatic carbocycles. The van der Waals surface area contributed by atoms with Crippen molar-refractivity contribution < 1.29 is 18.0 Å². The van der Waals surface area contributed by atoms with Crippen LogP contribution >= 0.6 is 0 Å². The molecule has 0 spiro atoms. The van der Waals surface area contributed by atoms with Gasteiger partial charge in [0.25, 0.3) is 0 Å². The predicted molar refractivity (Wildman–Crippen MR) is 84.3 cm³/mol. The van der Waals surface area contributed by atoms with Crippen molar-refractivity contribution >= 4 is 5.91 Å². The molecule has 5 heteroatoms. The number of hydrogen-bond acceptors (Lipinski definition) is 1. The summed E-state index contributed by atoms with van der Waals surface area (Å²) < 4.78 is 37.5. The smallest absolute Gasteiger partial charge is 0.347 e. The van der Waals surface area contributed by atoms with Crippen LogP contribution in [0.4, 0.5) is 13.2 Å². The second kappa shape index (κ2) is 5.24. The summed E-state index contributed by atoms with van der Waals surface area (Å²) in [5.74, 6) is 0.542. The van der Waals surface area contributed by atoms with E-state index >= 15 is 0 Å². The number of hydrogen-bond donors (Lipinski definition) is 1. The molecular formula is C19H22F3NO. The Balaban J connectivity index is 1.62. The minimum Gasteiger partial charge on any atom is -0.347 e. The third-order valence-corrected chi connectivity index (χ3v) is 6.38. The van der Waals surface area contributed by atoms with E-state index in [-0.39, 0.29) is 11.3 Å². The Morgan fingerprint density at radius 3 is 2.29 bits per heavy atom. The summed E-state index contributed by atoms with van der Waals surface area (Å²) in [6.45, 7) is -1.22. The van der Waals surface area contributed by atoms with E-state index in [4.69, 9.17) is 0 Å². The lowest BCUT2D eigenvalue weighted by molar-refractivity contribution is -0.157. The number of nitrogens with one attached hydrogen (secondary N) is 1. The fraction of sp³-hybridized carbons (Fsp3) is 0.632. The van der Waals surface area contributed by atoms with Crippen LogP contribution in [-0.4, -0.2) is 18.6 Å². The fourth-order valence-corrected chi connectivity index (χ4v) is 6.03. The molecular weight excluding hydrogens is 315 g/mol. The molecule has 0 radical (unpaired) electrons. The first kappa shape index (κ1) is 16.0. The van der Waals surface area contributed by atoms with Gasteiger partial charge in [0.05, 0.1) is 5.41 Å². The van der Waals surface area contributed by atoms with Gasteiger partial charge in [-0.1, -0.05) is 30.3 Å². The fourth-order valence-electron chi connectivity index (χ4n) is 6.03. The van der Waals surface area contributed by atoms with Crippen LogP contribution in [0.5, 0.6) is 0 Å². The van der Waals surface area contributed by atoms with E-state index in [0.717, 1.165) is 32.1 Å². The molecule has 5 rings (SSSR count).